The van der Waals surface area contributed by atoms with Gasteiger partial charge in [0.25, 0.3) is 0 Å². The lowest BCUT2D eigenvalue weighted by molar-refractivity contribution is 0.459. The van der Waals surface area contributed by atoms with E-state index in [-0.39, 0.29) is 0 Å². The van der Waals surface area contributed by atoms with Gasteiger partial charge in [-0.3, -0.25) is 0 Å². The number of halogens is 1. The lowest BCUT2D eigenvalue weighted by atomic mass is 9.98. The van der Waals surface area contributed by atoms with Gasteiger partial charge in [0, 0.05) is 25.5 Å². The summed E-state index contributed by atoms with van der Waals surface area (Å²) in [5, 5.41) is 0.525. The first-order chi connectivity index (χ1) is 7.81. The van der Waals surface area contributed by atoms with Crippen LogP contribution in [0, 0.1) is 5.92 Å². The van der Waals surface area contributed by atoms with Gasteiger partial charge < -0.3 is 4.90 Å². The van der Waals surface area contributed by atoms with Crippen LogP contribution in [0.3, 0.4) is 0 Å². The summed E-state index contributed by atoms with van der Waals surface area (Å²) in [7, 11) is 0. The molecule has 3 nitrogen and oxygen atoms in total. The van der Waals surface area contributed by atoms with Crippen LogP contribution in [0.5, 0.6) is 0 Å². The molecule has 0 saturated carbocycles. The topological polar surface area (TPSA) is 29.0 Å². The van der Waals surface area contributed by atoms with Crippen LogP contribution in [0.2, 0.25) is 5.15 Å². The molecule has 0 radical (unpaired) electrons. The van der Waals surface area contributed by atoms with Gasteiger partial charge in [0.15, 0.2) is 11.0 Å². The van der Waals surface area contributed by atoms with Crippen molar-refractivity contribution in [2.24, 2.45) is 5.92 Å². The van der Waals surface area contributed by atoms with Gasteiger partial charge in [-0.2, -0.15) is 0 Å². The Morgan fingerprint density at radius 1 is 1.31 bits per heavy atom. The minimum absolute atomic E-state index is 0.525. The van der Waals surface area contributed by atoms with Crippen LogP contribution >= 0.6 is 11.6 Å². The molecule has 1 fully saturated rings. The van der Waals surface area contributed by atoms with Crippen LogP contribution in [-0.2, 0) is 0 Å². The molecule has 0 amide bonds. The van der Waals surface area contributed by atoms with Gasteiger partial charge in [0.2, 0.25) is 0 Å². The molecular formula is C12H18ClN3. The zero-order valence-electron chi connectivity index (χ0n) is 9.69. The number of aromatic nitrogens is 2. The Hall–Kier alpha value is -0.830. The largest absolute Gasteiger partial charge is 0.354 e. The summed E-state index contributed by atoms with van der Waals surface area (Å²) in [6.45, 7) is 4.38. The predicted molar refractivity (Wildman–Crippen MR) is 66.9 cm³/mol. The third kappa shape index (κ3) is 2.64. The van der Waals surface area contributed by atoms with Crippen LogP contribution < -0.4 is 4.90 Å². The summed E-state index contributed by atoms with van der Waals surface area (Å²) in [5.74, 6) is 1.71. The van der Waals surface area contributed by atoms with Crippen molar-refractivity contribution in [3.8, 4) is 0 Å². The maximum absolute atomic E-state index is 6.07. The van der Waals surface area contributed by atoms with E-state index in [1.807, 2.05) is 0 Å². The van der Waals surface area contributed by atoms with Crippen molar-refractivity contribution in [1.29, 1.82) is 0 Å². The van der Waals surface area contributed by atoms with Crippen LogP contribution in [0.1, 0.15) is 32.6 Å². The first-order valence-corrected chi connectivity index (χ1v) is 6.40. The minimum atomic E-state index is 0.525. The third-order valence-electron chi connectivity index (χ3n) is 3.36. The van der Waals surface area contributed by atoms with E-state index in [1.165, 1.54) is 25.7 Å². The van der Waals surface area contributed by atoms with Gasteiger partial charge in [-0.05, 0) is 25.2 Å². The standard InChI is InChI=1S/C12H18ClN3/c1-2-10-4-3-8-16(9-5-10)12-11(13)14-6-7-15-12/h6-7,10H,2-5,8-9H2,1H3. The Labute approximate surface area is 102 Å². The summed E-state index contributed by atoms with van der Waals surface area (Å²) < 4.78 is 0. The fourth-order valence-corrected chi connectivity index (χ4v) is 2.54. The number of anilines is 1. The molecule has 16 heavy (non-hydrogen) atoms. The molecule has 0 aromatic carbocycles. The van der Waals surface area contributed by atoms with E-state index in [4.69, 9.17) is 11.6 Å². The molecule has 1 saturated heterocycles. The Bertz CT molecular complexity index is 343. The van der Waals surface area contributed by atoms with Crippen LogP contribution in [-0.4, -0.2) is 23.1 Å². The first kappa shape index (κ1) is 11.6. The van der Waals surface area contributed by atoms with E-state index in [9.17, 15) is 0 Å². The summed E-state index contributed by atoms with van der Waals surface area (Å²) in [6.07, 6.45) is 8.42. The summed E-state index contributed by atoms with van der Waals surface area (Å²) in [5.41, 5.74) is 0. The molecule has 1 unspecified atom stereocenters. The van der Waals surface area contributed by atoms with E-state index in [2.05, 4.69) is 21.8 Å². The fourth-order valence-electron chi connectivity index (χ4n) is 2.31. The number of rotatable bonds is 2. The highest BCUT2D eigenvalue weighted by Gasteiger charge is 2.18. The van der Waals surface area contributed by atoms with E-state index < -0.39 is 0 Å². The van der Waals surface area contributed by atoms with Gasteiger partial charge in [-0.15, -0.1) is 0 Å². The van der Waals surface area contributed by atoms with Gasteiger partial charge in [0.05, 0.1) is 0 Å². The van der Waals surface area contributed by atoms with Crippen molar-refractivity contribution in [2.45, 2.75) is 32.6 Å². The lowest BCUT2D eigenvalue weighted by Gasteiger charge is -2.21. The molecule has 0 bridgehead atoms. The maximum atomic E-state index is 6.07. The molecule has 1 aromatic heterocycles. The van der Waals surface area contributed by atoms with Crippen molar-refractivity contribution in [3.63, 3.8) is 0 Å². The van der Waals surface area contributed by atoms with Gasteiger partial charge in [-0.25, -0.2) is 9.97 Å². The monoisotopic (exact) mass is 239 g/mol. The first-order valence-electron chi connectivity index (χ1n) is 6.02. The van der Waals surface area contributed by atoms with E-state index >= 15 is 0 Å². The highest BCUT2D eigenvalue weighted by Crippen LogP contribution is 2.26. The summed E-state index contributed by atoms with van der Waals surface area (Å²) in [4.78, 5) is 10.7. The molecule has 1 atom stereocenters. The van der Waals surface area contributed by atoms with Gasteiger partial charge in [-0.1, -0.05) is 24.9 Å². The molecule has 1 aliphatic rings. The Balaban J connectivity index is 2.08. The average molecular weight is 240 g/mol. The second kappa shape index (κ2) is 5.48. The second-order valence-electron chi connectivity index (χ2n) is 4.36. The van der Waals surface area contributed by atoms with Crippen molar-refractivity contribution in [2.75, 3.05) is 18.0 Å². The number of nitrogens with zero attached hydrogens (tertiary/aromatic N) is 3. The average Bonchev–Trinajstić information content (AvgIpc) is 2.55. The fraction of sp³-hybridized carbons (Fsp3) is 0.667. The van der Waals surface area contributed by atoms with Crippen LogP contribution in [0.15, 0.2) is 12.4 Å². The Morgan fingerprint density at radius 3 is 2.88 bits per heavy atom. The Kier molecular flexibility index (Phi) is 3.99. The summed E-state index contributed by atoms with van der Waals surface area (Å²) in [6, 6.07) is 0. The van der Waals surface area contributed by atoms with Crippen molar-refractivity contribution in [1.82, 2.24) is 9.97 Å². The normalized spacial score (nSPS) is 21.9. The number of hydrogen-bond acceptors (Lipinski definition) is 3. The van der Waals surface area contributed by atoms with Crippen LogP contribution in [0.4, 0.5) is 5.82 Å². The van der Waals surface area contributed by atoms with E-state index in [0.717, 1.165) is 24.8 Å². The molecule has 88 valence electrons. The smallest absolute Gasteiger partial charge is 0.171 e. The maximum Gasteiger partial charge on any atom is 0.171 e. The zero-order chi connectivity index (χ0) is 11.4. The quantitative estimate of drug-likeness (QED) is 0.794. The van der Waals surface area contributed by atoms with E-state index in [1.54, 1.807) is 12.4 Å². The van der Waals surface area contributed by atoms with Gasteiger partial charge in [0.1, 0.15) is 0 Å². The molecule has 0 N–H and O–H groups in total. The molecule has 0 spiro atoms. The summed E-state index contributed by atoms with van der Waals surface area (Å²) >= 11 is 6.07. The highest BCUT2D eigenvalue weighted by atomic mass is 35.5. The Morgan fingerprint density at radius 2 is 2.12 bits per heavy atom. The SMILES string of the molecule is CCC1CCCN(c2nccnc2Cl)CC1. The molecule has 0 aliphatic carbocycles. The molecular weight excluding hydrogens is 222 g/mol. The van der Waals surface area contributed by atoms with Crippen molar-refractivity contribution < 1.29 is 0 Å². The lowest BCUT2D eigenvalue weighted by Crippen LogP contribution is -2.25. The third-order valence-corrected chi connectivity index (χ3v) is 3.63. The molecule has 2 rings (SSSR count). The molecule has 2 heterocycles. The van der Waals surface area contributed by atoms with Crippen molar-refractivity contribution >= 4 is 17.4 Å². The molecule has 4 heteroatoms. The van der Waals surface area contributed by atoms with Crippen molar-refractivity contribution in [3.05, 3.63) is 17.5 Å². The number of hydrogen-bond donors (Lipinski definition) is 0. The zero-order valence-corrected chi connectivity index (χ0v) is 10.5. The highest BCUT2D eigenvalue weighted by molar-refractivity contribution is 6.31. The van der Waals surface area contributed by atoms with Crippen LogP contribution in [0.25, 0.3) is 0 Å². The molecule has 1 aliphatic heterocycles. The second-order valence-corrected chi connectivity index (χ2v) is 4.72. The molecule has 1 aromatic rings. The van der Waals surface area contributed by atoms with Gasteiger partial charge >= 0.3 is 0 Å². The predicted octanol–water partition coefficient (Wildman–Crippen LogP) is 3.15. The van der Waals surface area contributed by atoms with E-state index in [0.29, 0.717) is 5.15 Å². The minimum Gasteiger partial charge on any atom is -0.354 e.